The Morgan fingerprint density at radius 1 is 0.515 bits per heavy atom. The highest BCUT2D eigenvalue weighted by Crippen LogP contribution is 2.22. The van der Waals surface area contributed by atoms with Crippen LogP contribution in [0, 0.1) is 0 Å². The van der Waals surface area contributed by atoms with Gasteiger partial charge in [0.25, 0.3) is 0 Å². The van der Waals surface area contributed by atoms with Crippen LogP contribution in [0.5, 0.6) is 0 Å². The number of esters is 3. The van der Waals surface area contributed by atoms with Crippen LogP contribution in [-0.4, -0.2) is 63.2 Å². The van der Waals surface area contributed by atoms with Crippen LogP contribution in [0.4, 0.5) is 0 Å². The predicted molar refractivity (Wildman–Crippen MR) is 271 cm³/mol. The molecule has 3 atom stereocenters. The normalized spacial score (nSPS) is 12.3. The third-order valence-corrected chi connectivity index (χ3v) is 10.6. The fraction of sp³-hybridized carbons (Fsp3) is 0.365. The SMILES string of the molecule is CC(C)(C)OC(=O)[C@@H](N)Cc1c[nH]c2ccccc12.CCCCCCCCOC(=O)[C@@H](N)Cc1c[nH]c2ccccc12.Cl.Cl.N[C@@H](Cc1c[nH]c2ccccc12)C(=O)OCc1ccccc1. The highest BCUT2D eigenvalue weighted by atomic mass is 35.5. The lowest BCUT2D eigenvalue weighted by molar-refractivity contribution is -0.156. The smallest absolute Gasteiger partial charge is 0.323 e. The number of hydrogen-bond acceptors (Lipinski definition) is 9. The highest BCUT2D eigenvalue weighted by Gasteiger charge is 2.23. The monoisotopic (exact) mass is 942 g/mol. The Morgan fingerprint density at radius 3 is 1.33 bits per heavy atom. The Labute approximate surface area is 400 Å². The predicted octanol–water partition coefficient (Wildman–Crippen LogP) is 9.95. The zero-order chi connectivity index (χ0) is 45.9. The Kier molecular flexibility index (Phi) is 23.0. The van der Waals surface area contributed by atoms with E-state index in [9.17, 15) is 14.4 Å². The quantitative estimate of drug-likeness (QED) is 0.0275. The van der Waals surface area contributed by atoms with E-state index in [2.05, 4.69) is 21.9 Å². The van der Waals surface area contributed by atoms with Crippen LogP contribution in [0.2, 0.25) is 0 Å². The van der Waals surface area contributed by atoms with Crippen molar-refractivity contribution in [2.45, 2.75) is 116 Å². The molecule has 12 nitrogen and oxygen atoms in total. The number of carbonyl (C=O) groups excluding carboxylic acids is 3. The molecule has 0 amide bonds. The standard InChI is InChI=1S/C19H28N2O2.C18H18N2O2.C15H20N2O2.2ClH/c1-2-3-4-5-6-9-12-23-19(22)17(20)13-15-14-21-18-11-8-7-10-16(15)18;19-16(18(21)22-12-13-6-2-1-3-7-13)10-14-11-20-17-9-5-4-8-15(14)17;1-15(2,3)19-14(18)12(16)8-10-9-17-13-7-5-4-6-11(10)13;;/h7-8,10-11,14,17,21H,2-6,9,12-13,20H2,1H3;1-9,11,16,20H,10,12,19H2;4-7,9,12,17H,8,16H2,1-3H3;2*1H/t17-;16-;12-;;/m000../s1. The Bertz CT molecular complexity index is 2510. The summed E-state index contributed by atoms with van der Waals surface area (Å²) in [5.74, 6) is -1.05. The first-order valence-corrected chi connectivity index (χ1v) is 22.3. The molecular formula is C52H68Cl2N6O6. The van der Waals surface area contributed by atoms with Crippen LogP contribution < -0.4 is 17.2 Å². The second-order valence-corrected chi connectivity index (χ2v) is 17.1. The summed E-state index contributed by atoms with van der Waals surface area (Å²) in [6.07, 6.45) is 14.2. The minimum absolute atomic E-state index is 0. The minimum atomic E-state index is -0.664. The van der Waals surface area contributed by atoms with Crippen molar-refractivity contribution in [3.8, 4) is 0 Å². The van der Waals surface area contributed by atoms with E-state index in [1.54, 1.807) is 0 Å². The van der Waals surface area contributed by atoms with Crippen LogP contribution >= 0.6 is 24.8 Å². The third-order valence-electron chi connectivity index (χ3n) is 10.6. The largest absolute Gasteiger partial charge is 0.465 e. The summed E-state index contributed by atoms with van der Waals surface area (Å²) in [7, 11) is 0. The molecule has 0 bridgehead atoms. The fourth-order valence-corrected chi connectivity index (χ4v) is 7.24. The van der Waals surface area contributed by atoms with Gasteiger partial charge in [-0.05, 0) is 67.6 Å². The van der Waals surface area contributed by atoms with E-state index in [0.717, 1.165) is 67.8 Å². The number of halogens is 2. The molecular weight excluding hydrogens is 876 g/mol. The molecule has 0 radical (unpaired) electrons. The molecule has 7 rings (SSSR count). The molecule has 66 heavy (non-hydrogen) atoms. The van der Waals surface area contributed by atoms with E-state index in [1.807, 2.05) is 142 Å². The van der Waals surface area contributed by atoms with Crippen molar-refractivity contribution in [1.29, 1.82) is 0 Å². The molecule has 0 saturated carbocycles. The summed E-state index contributed by atoms with van der Waals surface area (Å²) in [5.41, 5.74) is 24.6. The van der Waals surface area contributed by atoms with Crippen LogP contribution in [0.15, 0.2) is 122 Å². The molecule has 14 heteroatoms. The maximum Gasteiger partial charge on any atom is 0.323 e. The number of H-pyrrole nitrogens is 3. The Hall–Kier alpha value is -5.63. The van der Waals surface area contributed by atoms with E-state index < -0.39 is 23.7 Å². The molecule has 0 aliphatic heterocycles. The minimum Gasteiger partial charge on any atom is -0.465 e. The number of para-hydroxylation sites is 3. The average Bonchev–Trinajstić information content (AvgIpc) is 4.02. The number of rotatable bonds is 18. The summed E-state index contributed by atoms with van der Waals surface area (Å²) >= 11 is 0. The average molecular weight is 944 g/mol. The second-order valence-electron chi connectivity index (χ2n) is 17.1. The van der Waals surface area contributed by atoms with Crippen molar-refractivity contribution in [1.82, 2.24) is 15.0 Å². The van der Waals surface area contributed by atoms with Crippen molar-refractivity contribution < 1.29 is 28.6 Å². The second kappa shape index (κ2) is 27.8. The number of nitrogens with two attached hydrogens (primary N) is 3. The van der Waals surface area contributed by atoms with Crippen molar-refractivity contribution in [3.63, 3.8) is 0 Å². The van der Waals surface area contributed by atoms with Gasteiger partial charge < -0.3 is 46.4 Å². The summed E-state index contributed by atoms with van der Waals surface area (Å²) in [4.78, 5) is 45.4. The molecule has 356 valence electrons. The van der Waals surface area contributed by atoms with Gasteiger partial charge in [0, 0.05) is 70.6 Å². The zero-order valence-corrected chi connectivity index (χ0v) is 40.2. The van der Waals surface area contributed by atoms with Gasteiger partial charge in [-0.1, -0.05) is 124 Å². The van der Waals surface area contributed by atoms with Gasteiger partial charge in [-0.15, -0.1) is 24.8 Å². The van der Waals surface area contributed by atoms with Gasteiger partial charge in [0.15, 0.2) is 0 Å². The van der Waals surface area contributed by atoms with E-state index in [-0.39, 0.29) is 49.3 Å². The molecule has 0 fully saturated rings. The van der Waals surface area contributed by atoms with Gasteiger partial charge in [-0.3, -0.25) is 14.4 Å². The Balaban J connectivity index is 0.000000260. The van der Waals surface area contributed by atoms with Gasteiger partial charge in [-0.2, -0.15) is 0 Å². The maximum atomic E-state index is 12.0. The zero-order valence-electron chi connectivity index (χ0n) is 38.6. The molecule has 0 aliphatic rings. The fourth-order valence-electron chi connectivity index (χ4n) is 7.24. The molecule has 7 aromatic rings. The molecule has 0 aliphatic carbocycles. The molecule has 4 aromatic carbocycles. The van der Waals surface area contributed by atoms with Crippen LogP contribution in [0.25, 0.3) is 32.7 Å². The van der Waals surface area contributed by atoms with Gasteiger partial charge >= 0.3 is 17.9 Å². The number of hydrogen-bond donors (Lipinski definition) is 6. The van der Waals surface area contributed by atoms with E-state index in [1.165, 1.54) is 25.7 Å². The van der Waals surface area contributed by atoms with Gasteiger partial charge in [-0.25, -0.2) is 0 Å². The van der Waals surface area contributed by atoms with E-state index in [0.29, 0.717) is 25.9 Å². The van der Waals surface area contributed by atoms with Gasteiger partial charge in [0.2, 0.25) is 0 Å². The van der Waals surface area contributed by atoms with Crippen LogP contribution in [0.1, 0.15) is 88.5 Å². The lowest BCUT2D eigenvalue weighted by Gasteiger charge is -2.22. The van der Waals surface area contributed by atoms with Crippen LogP contribution in [-0.2, 0) is 54.5 Å². The van der Waals surface area contributed by atoms with Gasteiger partial charge in [0.1, 0.15) is 30.3 Å². The number of carbonyl (C=O) groups is 3. The number of fused-ring (bicyclic) bond motifs is 3. The number of aromatic nitrogens is 3. The summed E-state index contributed by atoms with van der Waals surface area (Å²) in [6.45, 7) is 8.45. The number of aromatic amines is 3. The lowest BCUT2D eigenvalue weighted by atomic mass is 10.1. The van der Waals surface area contributed by atoms with Crippen molar-refractivity contribution >= 4 is 75.4 Å². The topological polar surface area (TPSA) is 204 Å². The number of nitrogens with one attached hydrogen (secondary N) is 3. The lowest BCUT2D eigenvalue weighted by Crippen LogP contribution is -2.38. The van der Waals surface area contributed by atoms with E-state index >= 15 is 0 Å². The summed E-state index contributed by atoms with van der Waals surface area (Å²) in [6, 6.07) is 31.6. The molecule has 3 heterocycles. The first-order chi connectivity index (χ1) is 30.8. The maximum absolute atomic E-state index is 12.0. The summed E-state index contributed by atoms with van der Waals surface area (Å²) < 4.78 is 15.9. The third kappa shape index (κ3) is 17.3. The van der Waals surface area contributed by atoms with Gasteiger partial charge in [0.05, 0.1) is 6.61 Å². The Morgan fingerprint density at radius 2 is 0.894 bits per heavy atom. The highest BCUT2D eigenvalue weighted by molar-refractivity contribution is 5.87. The molecule has 9 N–H and O–H groups in total. The number of unbranched alkanes of at least 4 members (excludes halogenated alkanes) is 5. The molecule has 0 unspecified atom stereocenters. The number of ether oxygens (including phenoxy) is 3. The first kappa shape index (κ1) is 54.7. The summed E-state index contributed by atoms with van der Waals surface area (Å²) in [5, 5.41) is 3.31. The molecule has 3 aromatic heterocycles. The van der Waals surface area contributed by atoms with Crippen molar-refractivity contribution in [3.05, 3.63) is 144 Å². The van der Waals surface area contributed by atoms with Crippen molar-refractivity contribution in [2.24, 2.45) is 17.2 Å². The molecule has 0 saturated heterocycles. The molecule has 0 spiro atoms. The van der Waals surface area contributed by atoms with Crippen LogP contribution in [0.3, 0.4) is 0 Å². The first-order valence-electron chi connectivity index (χ1n) is 22.3. The van der Waals surface area contributed by atoms with Crippen molar-refractivity contribution in [2.75, 3.05) is 6.61 Å². The number of benzene rings is 4. The van der Waals surface area contributed by atoms with E-state index in [4.69, 9.17) is 31.4 Å².